The highest BCUT2D eigenvalue weighted by Crippen LogP contribution is 2.32. The number of nitrogens with one attached hydrogen (secondary N) is 1. The zero-order chi connectivity index (χ0) is 19.7. The Balaban J connectivity index is 1.63. The molecule has 9 heteroatoms. The van der Waals surface area contributed by atoms with Gasteiger partial charge < -0.3 is 19.5 Å². The van der Waals surface area contributed by atoms with Crippen molar-refractivity contribution in [1.29, 1.82) is 0 Å². The summed E-state index contributed by atoms with van der Waals surface area (Å²) in [7, 11) is 0. The van der Waals surface area contributed by atoms with Crippen molar-refractivity contribution in [1.82, 2.24) is 25.0 Å². The van der Waals surface area contributed by atoms with E-state index < -0.39 is 12.0 Å². The number of aromatic amines is 1. The largest absolute Gasteiger partial charge is 0.481 e. The lowest BCUT2D eigenvalue weighted by atomic mass is 10.0. The fourth-order valence-electron chi connectivity index (χ4n) is 3.35. The molecule has 28 heavy (non-hydrogen) atoms. The molecule has 1 aliphatic heterocycles. The standard InChI is InChI=1S/C19H19N5O4/c1-11-3-2-4-12(7-11)18-22-19(28-23-18)15-8-13-14(21-10-20-13)9-24(15)16(25)5-6-17(26)27/h2-4,7,10,15H,5-6,8-9H2,1H3,(H,20,21)(H,26,27)/t15-/m0/s1. The van der Waals surface area contributed by atoms with E-state index in [0.29, 0.717) is 24.7 Å². The molecule has 1 amide bonds. The van der Waals surface area contributed by atoms with E-state index >= 15 is 0 Å². The van der Waals surface area contributed by atoms with Gasteiger partial charge in [0.2, 0.25) is 17.6 Å². The van der Waals surface area contributed by atoms with Crippen molar-refractivity contribution >= 4 is 11.9 Å². The van der Waals surface area contributed by atoms with Crippen LogP contribution in [0.1, 0.15) is 41.7 Å². The van der Waals surface area contributed by atoms with Gasteiger partial charge in [-0.25, -0.2) is 4.98 Å². The van der Waals surface area contributed by atoms with Crippen molar-refractivity contribution in [3.63, 3.8) is 0 Å². The number of amides is 1. The highest BCUT2D eigenvalue weighted by atomic mass is 16.5. The van der Waals surface area contributed by atoms with E-state index in [0.717, 1.165) is 22.5 Å². The molecule has 0 spiro atoms. The van der Waals surface area contributed by atoms with E-state index in [-0.39, 0.29) is 18.7 Å². The Morgan fingerprint density at radius 2 is 2.21 bits per heavy atom. The zero-order valence-corrected chi connectivity index (χ0v) is 15.3. The molecule has 9 nitrogen and oxygen atoms in total. The van der Waals surface area contributed by atoms with E-state index in [4.69, 9.17) is 9.63 Å². The number of aryl methyl sites for hydroxylation is 1. The number of H-pyrrole nitrogens is 1. The molecule has 1 aromatic carbocycles. The van der Waals surface area contributed by atoms with Crippen LogP contribution in [-0.4, -0.2) is 42.0 Å². The average Bonchev–Trinajstić information content (AvgIpc) is 3.34. The number of aromatic nitrogens is 4. The van der Waals surface area contributed by atoms with Crippen LogP contribution in [0.25, 0.3) is 11.4 Å². The lowest BCUT2D eigenvalue weighted by molar-refractivity contribution is -0.142. The number of aliphatic carboxylic acids is 1. The van der Waals surface area contributed by atoms with Crippen LogP contribution in [0, 0.1) is 6.92 Å². The second kappa shape index (κ2) is 7.26. The van der Waals surface area contributed by atoms with Gasteiger partial charge >= 0.3 is 5.97 Å². The first-order valence-electron chi connectivity index (χ1n) is 8.94. The first-order valence-corrected chi connectivity index (χ1v) is 8.94. The lowest BCUT2D eigenvalue weighted by Crippen LogP contribution is -2.39. The third-order valence-corrected chi connectivity index (χ3v) is 4.78. The smallest absolute Gasteiger partial charge is 0.303 e. The summed E-state index contributed by atoms with van der Waals surface area (Å²) < 4.78 is 5.49. The lowest BCUT2D eigenvalue weighted by Gasteiger charge is -2.32. The molecule has 0 bridgehead atoms. The van der Waals surface area contributed by atoms with E-state index in [1.54, 1.807) is 11.2 Å². The molecule has 2 aromatic heterocycles. The topological polar surface area (TPSA) is 125 Å². The molecular weight excluding hydrogens is 362 g/mol. The van der Waals surface area contributed by atoms with Gasteiger partial charge in [0.1, 0.15) is 6.04 Å². The van der Waals surface area contributed by atoms with Crippen LogP contribution >= 0.6 is 0 Å². The monoisotopic (exact) mass is 381 g/mol. The second-order valence-corrected chi connectivity index (χ2v) is 6.79. The van der Waals surface area contributed by atoms with Crippen LogP contribution in [0.3, 0.4) is 0 Å². The first kappa shape index (κ1) is 17.9. The number of carboxylic acid groups (broad SMARTS) is 1. The predicted molar refractivity (Wildman–Crippen MR) is 96.9 cm³/mol. The number of rotatable bonds is 5. The van der Waals surface area contributed by atoms with Crippen LogP contribution in [0.15, 0.2) is 35.1 Å². The number of carboxylic acids is 1. The van der Waals surface area contributed by atoms with Crippen molar-refractivity contribution in [2.45, 2.75) is 38.8 Å². The number of hydrogen-bond donors (Lipinski definition) is 2. The molecule has 3 heterocycles. The molecule has 3 aromatic rings. The normalized spacial score (nSPS) is 16.0. The van der Waals surface area contributed by atoms with Gasteiger partial charge in [-0.2, -0.15) is 4.98 Å². The number of imidazole rings is 1. The van der Waals surface area contributed by atoms with Crippen LogP contribution in [0.4, 0.5) is 0 Å². The quantitative estimate of drug-likeness (QED) is 0.694. The Morgan fingerprint density at radius 3 is 3.00 bits per heavy atom. The molecule has 0 radical (unpaired) electrons. The molecule has 0 saturated heterocycles. The van der Waals surface area contributed by atoms with Crippen molar-refractivity contribution in [2.75, 3.05) is 0 Å². The van der Waals surface area contributed by atoms with Crippen molar-refractivity contribution in [3.05, 3.63) is 53.4 Å². The van der Waals surface area contributed by atoms with Gasteiger partial charge in [-0.1, -0.05) is 28.9 Å². The fourth-order valence-corrected chi connectivity index (χ4v) is 3.35. The summed E-state index contributed by atoms with van der Waals surface area (Å²) in [6, 6.07) is 7.26. The van der Waals surface area contributed by atoms with Gasteiger partial charge in [-0.15, -0.1) is 0 Å². The minimum absolute atomic E-state index is 0.0891. The van der Waals surface area contributed by atoms with Crippen LogP contribution in [0.2, 0.25) is 0 Å². The molecule has 0 fully saturated rings. The summed E-state index contributed by atoms with van der Waals surface area (Å²) in [6.45, 7) is 2.27. The maximum Gasteiger partial charge on any atom is 0.303 e. The number of benzene rings is 1. The third kappa shape index (κ3) is 3.51. The Labute approximate surface area is 160 Å². The first-order chi connectivity index (χ1) is 13.5. The Bertz CT molecular complexity index is 1020. The molecule has 2 N–H and O–H groups in total. The van der Waals surface area contributed by atoms with Gasteiger partial charge in [0.05, 0.1) is 30.7 Å². The molecule has 1 atom stereocenters. The fraction of sp³-hybridized carbons (Fsp3) is 0.316. The second-order valence-electron chi connectivity index (χ2n) is 6.79. The third-order valence-electron chi connectivity index (χ3n) is 4.78. The molecule has 0 aliphatic carbocycles. The molecule has 0 unspecified atom stereocenters. The zero-order valence-electron chi connectivity index (χ0n) is 15.3. The summed E-state index contributed by atoms with van der Waals surface area (Å²) in [6.07, 6.45) is 1.69. The highest BCUT2D eigenvalue weighted by molar-refractivity contribution is 5.81. The van der Waals surface area contributed by atoms with Gasteiger partial charge in [-0.3, -0.25) is 9.59 Å². The number of carbonyl (C=O) groups excluding carboxylic acids is 1. The Hall–Kier alpha value is -3.49. The minimum Gasteiger partial charge on any atom is -0.481 e. The van der Waals surface area contributed by atoms with E-state index in [2.05, 4.69) is 20.1 Å². The van der Waals surface area contributed by atoms with Gasteiger partial charge in [0, 0.05) is 18.4 Å². The SMILES string of the molecule is Cc1cccc(-c2noc([C@@H]3Cc4nc[nH]c4CN3C(=O)CCC(=O)O)n2)c1. The van der Waals surface area contributed by atoms with Crippen molar-refractivity contribution in [3.8, 4) is 11.4 Å². The van der Waals surface area contributed by atoms with E-state index in [1.165, 1.54) is 0 Å². The Kier molecular flexibility index (Phi) is 4.64. The predicted octanol–water partition coefficient (Wildman–Crippen LogP) is 2.26. The average molecular weight is 381 g/mol. The van der Waals surface area contributed by atoms with Crippen molar-refractivity contribution < 1.29 is 19.2 Å². The van der Waals surface area contributed by atoms with Gasteiger partial charge in [0.15, 0.2) is 0 Å². The van der Waals surface area contributed by atoms with Crippen LogP contribution in [-0.2, 0) is 22.6 Å². The number of fused-ring (bicyclic) bond motifs is 1. The number of nitrogens with zero attached hydrogens (tertiary/aromatic N) is 4. The van der Waals surface area contributed by atoms with Crippen molar-refractivity contribution in [2.24, 2.45) is 0 Å². The van der Waals surface area contributed by atoms with Crippen LogP contribution < -0.4 is 0 Å². The minimum atomic E-state index is -1.01. The summed E-state index contributed by atoms with van der Waals surface area (Å²) >= 11 is 0. The number of carbonyl (C=O) groups is 2. The summed E-state index contributed by atoms with van der Waals surface area (Å²) in [4.78, 5) is 36.9. The maximum absolute atomic E-state index is 12.7. The van der Waals surface area contributed by atoms with E-state index in [9.17, 15) is 9.59 Å². The maximum atomic E-state index is 12.7. The highest BCUT2D eigenvalue weighted by Gasteiger charge is 2.36. The molecular formula is C19H19N5O4. The van der Waals surface area contributed by atoms with Gasteiger partial charge in [-0.05, 0) is 13.0 Å². The molecule has 1 aliphatic rings. The van der Waals surface area contributed by atoms with E-state index in [1.807, 2.05) is 31.2 Å². The van der Waals surface area contributed by atoms with Crippen LogP contribution in [0.5, 0.6) is 0 Å². The molecule has 144 valence electrons. The molecule has 0 saturated carbocycles. The Morgan fingerprint density at radius 1 is 1.36 bits per heavy atom. The summed E-state index contributed by atoms with van der Waals surface area (Å²) in [5, 5.41) is 13.0. The number of hydrogen-bond acceptors (Lipinski definition) is 6. The summed E-state index contributed by atoms with van der Waals surface area (Å²) in [5.41, 5.74) is 3.57. The van der Waals surface area contributed by atoms with Gasteiger partial charge in [0.25, 0.3) is 0 Å². The summed E-state index contributed by atoms with van der Waals surface area (Å²) in [5.74, 6) is -0.523. The molecule has 4 rings (SSSR count).